The highest BCUT2D eigenvalue weighted by atomic mass is 32.2. The Bertz CT molecular complexity index is 137. The maximum absolute atomic E-state index is 11.7. The molecule has 0 saturated heterocycles. The van der Waals surface area contributed by atoms with E-state index in [4.69, 9.17) is 0 Å². The third kappa shape index (κ3) is 6.28. The van der Waals surface area contributed by atoms with Gasteiger partial charge in [0.25, 0.3) is 0 Å². The van der Waals surface area contributed by atoms with E-state index in [0.29, 0.717) is 23.2 Å². The van der Waals surface area contributed by atoms with E-state index >= 15 is 0 Å². The first-order valence-corrected chi connectivity index (χ1v) is 4.39. The van der Waals surface area contributed by atoms with E-state index in [1.54, 1.807) is 6.92 Å². The van der Waals surface area contributed by atoms with Gasteiger partial charge in [0.05, 0.1) is 0 Å². The maximum atomic E-state index is 11.7. The Kier molecular flexibility index (Phi) is 4.65. The van der Waals surface area contributed by atoms with Gasteiger partial charge in [-0.25, -0.2) is 0 Å². The molecule has 0 unspecified atom stereocenters. The summed E-state index contributed by atoms with van der Waals surface area (Å²) in [5.74, 6) is 0.690. The zero-order chi connectivity index (χ0) is 8.91. The molecule has 0 atom stereocenters. The van der Waals surface area contributed by atoms with Crippen LogP contribution in [0.3, 0.4) is 0 Å². The number of hydrogen-bond acceptors (Lipinski definition) is 1. The molecule has 0 aromatic carbocycles. The molecule has 66 valence electrons. The predicted octanol–water partition coefficient (Wildman–Crippen LogP) is 3.60. The van der Waals surface area contributed by atoms with Gasteiger partial charge in [-0.2, -0.15) is 13.2 Å². The molecule has 0 saturated carbocycles. The molecule has 0 N–H and O–H groups in total. The third-order valence-electron chi connectivity index (χ3n) is 1.00. The second-order valence-corrected chi connectivity index (χ2v) is 3.33. The number of rotatable bonds is 3. The molecular formula is C7H11F3S. The van der Waals surface area contributed by atoms with Crippen LogP contribution in [0.25, 0.3) is 0 Å². The summed E-state index contributed by atoms with van der Waals surface area (Å²) >= 11 is 1.24. The number of thioether (sulfide) groups is 1. The van der Waals surface area contributed by atoms with Gasteiger partial charge >= 0.3 is 6.18 Å². The smallest absolute Gasteiger partial charge is 0.167 e. The number of alkyl halides is 3. The van der Waals surface area contributed by atoms with Crippen LogP contribution in [0.5, 0.6) is 0 Å². The van der Waals surface area contributed by atoms with Crippen molar-refractivity contribution in [2.24, 2.45) is 0 Å². The van der Waals surface area contributed by atoms with E-state index < -0.39 is 6.18 Å². The summed E-state index contributed by atoms with van der Waals surface area (Å²) in [7, 11) is 0. The number of allylic oxidation sites excluding steroid dienone is 2. The van der Waals surface area contributed by atoms with Crippen LogP contribution < -0.4 is 0 Å². The van der Waals surface area contributed by atoms with Gasteiger partial charge in [-0.3, -0.25) is 0 Å². The highest BCUT2D eigenvalue weighted by Crippen LogP contribution is 2.26. The Morgan fingerprint density at radius 3 is 2.18 bits per heavy atom. The molecule has 0 rings (SSSR count). The molecular weight excluding hydrogens is 173 g/mol. The summed E-state index contributed by atoms with van der Waals surface area (Å²) in [4.78, 5) is 0.403. The van der Waals surface area contributed by atoms with E-state index in [2.05, 4.69) is 0 Å². The van der Waals surface area contributed by atoms with Gasteiger partial charge in [-0.05, 0) is 17.1 Å². The van der Waals surface area contributed by atoms with Gasteiger partial charge < -0.3 is 0 Å². The Balaban J connectivity index is 4.11. The normalized spacial score (nSPS) is 13.7. The van der Waals surface area contributed by atoms with Crippen molar-refractivity contribution in [1.82, 2.24) is 0 Å². The van der Waals surface area contributed by atoms with Crippen LogP contribution in [-0.2, 0) is 0 Å². The zero-order valence-corrected chi connectivity index (χ0v) is 7.35. The zero-order valence-electron chi connectivity index (χ0n) is 6.53. The quantitative estimate of drug-likeness (QED) is 0.645. The second kappa shape index (κ2) is 4.70. The molecule has 0 radical (unpaired) electrons. The van der Waals surface area contributed by atoms with Gasteiger partial charge in [0.2, 0.25) is 0 Å². The van der Waals surface area contributed by atoms with Crippen molar-refractivity contribution in [3.63, 3.8) is 0 Å². The Labute approximate surface area is 68.9 Å². The van der Waals surface area contributed by atoms with E-state index in [1.807, 2.05) is 6.92 Å². The molecule has 11 heavy (non-hydrogen) atoms. The Hall–Kier alpha value is -0.120. The summed E-state index contributed by atoms with van der Waals surface area (Å²) in [6.45, 7) is 3.56. The molecule has 0 aliphatic rings. The fourth-order valence-electron chi connectivity index (χ4n) is 0.614. The van der Waals surface area contributed by atoms with Crippen molar-refractivity contribution in [2.45, 2.75) is 26.4 Å². The Morgan fingerprint density at radius 2 is 1.91 bits per heavy atom. The van der Waals surface area contributed by atoms with Crippen LogP contribution in [-0.4, -0.2) is 11.9 Å². The topological polar surface area (TPSA) is 0 Å². The van der Waals surface area contributed by atoms with Crippen molar-refractivity contribution in [2.75, 3.05) is 5.75 Å². The number of hydrogen-bond donors (Lipinski definition) is 0. The lowest BCUT2D eigenvalue weighted by Gasteiger charge is -2.04. The van der Waals surface area contributed by atoms with Crippen LogP contribution in [0.4, 0.5) is 13.2 Å². The Morgan fingerprint density at radius 1 is 1.36 bits per heavy atom. The SMILES string of the molecule is CCS/C(=C\C(F)(F)F)CC. The van der Waals surface area contributed by atoms with Crippen LogP contribution in [0.1, 0.15) is 20.3 Å². The largest absolute Gasteiger partial charge is 0.410 e. The van der Waals surface area contributed by atoms with Crippen molar-refractivity contribution in [3.05, 3.63) is 11.0 Å². The minimum Gasteiger partial charge on any atom is -0.167 e. The summed E-state index contributed by atoms with van der Waals surface area (Å²) < 4.78 is 35.2. The number of halogens is 3. The summed E-state index contributed by atoms with van der Waals surface area (Å²) in [5, 5.41) is 0. The predicted molar refractivity (Wildman–Crippen MR) is 42.6 cm³/mol. The van der Waals surface area contributed by atoms with Gasteiger partial charge in [-0.15, -0.1) is 11.8 Å². The third-order valence-corrected chi connectivity index (χ3v) is 2.07. The molecule has 0 heterocycles. The van der Waals surface area contributed by atoms with Crippen LogP contribution in [0.2, 0.25) is 0 Å². The van der Waals surface area contributed by atoms with Gasteiger partial charge in [0, 0.05) is 6.08 Å². The molecule has 0 amide bonds. The highest BCUT2D eigenvalue weighted by Gasteiger charge is 2.23. The van der Waals surface area contributed by atoms with E-state index in [-0.39, 0.29) is 0 Å². The van der Waals surface area contributed by atoms with E-state index in [0.717, 1.165) is 0 Å². The molecule has 0 fully saturated rings. The highest BCUT2D eigenvalue weighted by molar-refractivity contribution is 8.03. The van der Waals surface area contributed by atoms with Crippen molar-refractivity contribution in [3.8, 4) is 0 Å². The van der Waals surface area contributed by atoms with E-state index in [1.165, 1.54) is 11.8 Å². The minimum atomic E-state index is -4.16. The lowest BCUT2D eigenvalue weighted by Crippen LogP contribution is -2.02. The molecule has 0 spiro atoms. The van der Waals surface area contributed by atoms with Gasteiger partial charge in [-0.1, -0.05) is 13.8 Å². The maximum Gasteiger partial charge on any atom is 0.410 e. The second-order valence-electron chi connectivity index (χ2n) is 1.94. The first-order chi connectivity index (χ1) is 4.99. The minimum absolute atomic E-state index is 0.376. The molecule has 4 heteroatoms. The van der Waals surface area contributed by atoms with Crippen molar-refractivity contribution in [1.29, 1.82) is 0 Å². The molecule has 0 aliphatic heterocycles. The summed E-state index contributed by atoms with van der Waals surface area (Å²) in [5.41, 5.74) is 0. The molecule has 0 aliphatic carbocycles. The van der Waals surface area contributed by atoms with Crippen LogP contribution in [0, 0.1) is 0 Å². The first-order valence-electron chi connectivity index (χ1n) is 3.40. The van der Waals surface area contributed by atoms with Crippen molar-refractivity contribution >= 4 is 11.8 Å². The fourth-order valence-corrected chi connectivity index (χ4v) is 1.41. The summed E-state index contributed by atoms with van der Waals surface area (Å²) in [6, 6.07) is 0. The van der Waals surface area contributed by atoms with Crippen molar-refractivity contribution < 1.29 is 13.2 Å². The molecule has 0 aromatic heterocycles. The summed E-state index contributed by atoms with van der Waals surface area (Å²) in [6.07, 6.45) is -3.33. The average molecular weight is 184 g/mol. The van der Waals surface area contributed by atoms with Crippen LogP contribution >= 0.6 is 11.8 Å². The lowest BCUT2D eigenvalue weighted by molar-refractivity contribution is -0.0802. The average Bonchev–Trinajstić information content (AvgIpc) is 1.84. The fraction of sp³-hybridized carbons (Fsp3) is 0.714. The molecule has 0 bridgehead atoms. The molecule has 0 nitrogen and oxygen atoms in total. The first kappa shape index (κ1) is 10.9. The van der Waals surface area contributed by atoms with Gasteiger partial charge in [0.15, 0.2) is 0 Å². The molecule has 0 aromatic rings. The van der Waals surface area contributed by atoms with Crippen LogP contribution in [0.15, 0.2) is 11.0 Å². The van der Waals surface area contributed by atoms with E-state index in [9.17, 15) is 13.2 Å². The lowest BCUT2D eigenvalue weighted by atomic mass is 10.4. The van der Waals surface area contributed by atoms with Gasteiger partial charge in [0.1, 0.15) is 0 Å². The monoisotopic (exact) mass is 184 g/mol. The standard InChI is InChI=1S/C7H11F3S/c1-3-6(11-4-2)5-7(8,9)10/h5H,3-4H2,1-2H3/b6-5-.